The summed E-state index contributed by atoms with van der Waals surface area (Å²) in [5, 5.41) is 0. The summed E-state index contributed by atoms with van der Waals surface area (Å²) >= 11 is 0. The molecule has 1 aromatic carbocycles. The Balaban J connectivity index is 2.48. The highest BCUT2D eigenvalue weighted by atomic mass is 16.5. The van der Waals surface area contributed by atoms with Gasteiger partial charge in [-0.3, -0.25) is 4.79 Å². The van der Waals surface area contributed by atoms with Crippen LogP contribution >= 0.6 is 0 Å². The maximum atomic E-state index is 11.5. The predicted molar refractivity (Wildman–Crippen MR) is 59.1 cm³/mol. The topological polar surface area (TPSA) is 52.3 Å². The van der Waals surface area contributed by atoms with Gasteiger partial charge in [-0.25, -0.2) is 0 Å². The van der Waals surface area contributed by atoms with Crippen LogP contribution in [0.15, 0.2) is 30.3 Å². The maximum Gasteiger partial charge on any atom is 0.326 e. The van der Waals surface area contributed by atoms with Crippen molar-refractivity contribution in [3.05, 3.63) is 35.9 Å². The summed E-state index contributed by atoms with van der Waals surface area (Å²) in [6.07, 6.45) is 0.570. The zero-order chi connectivity index (χ0) is 11.3. The van der Waals surface area contributed by atoms with Gasteiger partial charge in [0.25, 0.3) is 0 Å². The molecule has 0 amide bonds. The Kier molecular flexibility index (Phi) is 3.86. The molecule has 1 atom stereocenters. The maximum absolute atomic E-state index is 11.5. The molecule has 1 aromatic rings. The lowest BCUT2D eigenvalue weighted by molar-refractivity contribution is -0.151. The lowest BCUT2D eigenvalue weighted by Crippen LogP contribution is -2.45. The predicted octanol–water partition coefficient (Wildman–Crippen LogP) is 1.86. The third-order valence-corrected chi connectivity index (χ3v) is 2.41. The van der Waals surface area contributed by atoms with Crippen LogP contribution in [0.3, 0.4) is 0 Å². The van der Waals surface area contributed by atoms with E-state index in [1.165, 1.54) is 0 Å². The molecule has 0 aliphatic rings. The molecule has 0 saturated heterocycles. The van der Waals surface area contributed by atoms with Crippen molar-refractivity contribution in [3.8, 4) is 0 Å². The van der Waals surface area contributed by atoms with Crippen LogP contribution in [0.5, 0.6) is 0 Å². The van der Waals surface area contributed by atoms with Crippen LogP contribution in [-0.4, -0.2) is 11.5 Å². The Hall–Kier alpha value is -1.35. The molecule has 1 unspecified atom stereocenters. The van der Waals surface area contributed by atoms with Gasteiger partial charge < -0.3 is 10.5 Å². The molecule has 0 saturated carbocycles. The van der Waals surface area contributed by atoms with Crippen molar-refractivity contribution in [3.63, 3.8) is 0 Å². The molecule has 0 fully saturated rings. The lowest BCUT2D eigenvalue weighted by Gasteiger charge is -2.20. The number of benzene rings is 1. The van der Waals surface area contributed by atoms with Crippen molar-refractivity contribution in [1.29, 1.82) is 0 Å². The molecule has 15 heavy (non-hydrogen) atoms. The Bertz CT molecular complexity index is 320. The minimum Gasteiger partial charge on any atom is -0.459 e. The summed E-state index contributed by atoms with van der Waals surface area (Å²) in [6, 6.07) is 9.56. The SMILES string of the molecule is CCC(C)(N)C(=O)OCc1ccccc1. The van der Waals surface area contributed by atoms with Gasteiger partial charge in [0.1, 0.15) is 12.1 Å². The van der Waals surface area contributed by atoms with Crippen LogP contribution < -0.4 is 5.73 Å². The first kappa shape index (κ1) is 11.7. The second kappa shape index (κ2) is 4.94. The van der Waals surface area contributed by atoms with Crippen LogP contribution in [-0.2, 0) is 16.1 Å². The molecule has 0 radical (unpaired) electrons. The van der Waals surface area contributed by atoms with Gasteiger partial charge in [0.05, 0.1) is 0 Å². The molecule has 0 aliphatic carbocycles. The van der Waals surface area contributed by atoms with Crippen molar-refractivity contribution in [2.24, 2.45) is 5.73 Å². The monoisotopic (exact) mass is 207 g/mol. The van der Waals surface area contributed by atoms with E-state index in [1.54, 1.807) is 6.92 Å². The Morgan fingerprint density at radius 2 is 2.00 bits per heavy atom. The minimum absolute atomic E-state index is 0.284. The second-order valence-corrected chi connectivity index (χ2v) is 3.83. The summed E-state index contributed by atoms with van der Waals surface area (Å²) in [4.78, 5) is 11.5. The van der Waals surface area contributed by atoms with E-state index < -0.39 is 5.54 Å². The van der Waals surface area contributed by atoms with Crippen LogP contribution in [0.4, 0.5) is 0 Å². The van der Waals surface area contributed by atoms with Crippen LogP contribution in [0.25, 0.3) is 0 Å². The molecule has 0 aromatic heterocycles. The van der Waals surface area contributed by atoms with Crippen molar-refractivity contribution in [1.82, 2.24) is 0 Å². The summed E-state index contributed by atoms with van der Waals surface area (Å²) in [5.74, 6) is -0.353. The van der Waals surface area contributed by atoms with Crippen molar-refractivity contribution >= 4 is 5.97 Å². The van der Waals surface area contributed by atoms with Gasteiger partial charge in [0.2, 0.25) is 0 Å². The molecule has 2 N–H and O–H groups in total. The molecule has 1 rings (SSSR count). The Labute approximate surface area is 90.2 Å². The van der Waals surface area contributed by atoms with E-state index in [2.05, 4.69) is 0 Å². The summed E-state index contributed by atoms with van der Waals surface area (Å²) in [5.41, 5.74) is 5.84. The van der Waals surface area contributed by atoms with E-state index in [-0.39, 0.29) is 12.6 Å². The second-order valence-electron chi connectivity index (χ2n) is 3.83. The molecule has 0 bridgehead atoms. The standard InChI is InChI=1S/C12H17NO2/c1-3-12(2,13)11(14)15-9-10-7-5-4-6-8-10/h4-8H,3,9,13H2,1-2H3. The molecular formula is C12H17NO2. The molecular weight excluding hydrogens is 190 g/mol. The van der Waals surface area contributed by atoms with Crippen LogP contribution in [0, 0.1) is 0 Å². The van der Waals surface area contributed by atoms with Gasteiger partial charge in [-0.2, -0.15) is 0 Å². The van der Waals surface area contributed by atoms with Gasteiger partial charge >= 0.3 is 5.97 Å². The first-order valence-electron chi connectivity index (χ1n) is 5.06. The zero-order valence-electron chi connectivity index (χ0n) is 9.19. The smallest absolute Gasteiger partial charge is 0.326 e. The van der Waals surface area contributed by atoms with Crippen molar-refractivity contribution < 1.29 is 9.53 Å². The summed E-state index contributed by atoms with van der Waals surface area (Å²) in [7, 11) is 0. The lowest BCUT2D eigenvalue weighted by atomic mass is 10.0. The number of hydrogen-bond donors (Lipinski definition) is 1. The molecule has 3 heteroatoms. The quantitative estimate of drug-likeness (QED) is 0.767. The molecule has 0 spiro atoms. The van der Waals surface area contributed by atoms with E-state index in [1.807, 2.05) is 37.3 Å². The molecule has 82 valence electrons. The average Bonchev–Trinajstić information content (AvgIpc) is 2.27. The molecule has 0 aliphatic heterocycles. The van der Waals surface area contributed by atoms with E-state index in [0.717, 1.165) is 5.56 Å². The average molecular weight is 207 g/mol. The third kappa shape index (κ3) is 3.36. The van der Waals surface area contributed by atoms with E-state index in [9.17, 15) is 4.79 Å². The van der Waals surface area contributed by atoms with Gasteiger partial charge in [-0.15, -0.1) is 0 Å². The van der Waals surface area contributed by atoms with E-state index in [4.69, 9.17) is 10.5 Å². The van der Waals surface area contributed by atoms with E-state index >= 15 is 0 Å². The Morgan fingerprint density at radius 3 is 2.53 bits per heavy atom. The van der Waals surface area contributed by atoms with Gasteiger partial charge in [0.15, 0.2) is 0 Å². The number of ether oxygens (including phenoxy) is 1. The number of carbonyl (C=O) groups excluding carboxylic acids is 1. The normalized spacial score (nSPS) is 14.3. The Morgan fingerprint density at radius 1 is 1.40 bits per heavy atom. The number of carbonyl (C=O) groups is 1. The van der Waals surface area contributed by atoms with Crippen LogP contribution in [0.1, 0.15) is 25.8 Å². The first-order valence-corrected chi connectivity index (χ1v) is 5.06. The van der Waals surface area contributed by atoms with Gasteiger partial charge in [-0.1, -0.05) is 37.3 Å². The summed E-state index contributed by atoms with van der Waals surface area (Å²) < 4.78 is 5.12. The fraction of sp³-hybridized carbons (Fsp3) is 0.417. The fourth-order valence-electron chi connectivity index (χ4n) is 1.03. The number of rotatable bonds is 4. The fourth-order valence-corrected chi connectivity index (χ4v) is 1.03. The highest BCUT2D eigenvalue weighted by Gasteiger charge is 2.27. The number of nitrogens with two attached hydrogens (primary N) is 1. The molecule has 3 nitrogen and oxygen atoms in total. The highest BCUT2D eigenvalue weighted by Crippen LogP contribution is 2.09. The third-order valence-electron chi connectivity index (χ3n) is 2.41. The van der Waals surface area contributed by atoms with Crippen molar-refractivity contribution in [2.75, 3.05) is 0 Å². The van der Waals surface area contributed by atoms with Crippen molar-refractivity contribution in [2.45, 2.75) is 32.4 Å². The summed E-state index contributed by atoms with van der Waals surface area (Å²) in [6.45, 7) is 3.83. The molecule has 0 heterocycles. The largest absolute Gasteiger partial charge is 0.459 e. The minimum atomic E-state index is -0.880. The zero-order valence-corrected chi connectivity index (χ0v) is 9.19. The van der Waals surface area contributed by atoms with Gasteiger partial charge in [0, 0.05) is 0 Å². The van der Waals surface area contributed by atoms with E-state index in [0.29, 0.717) is 6.42 Å². The van der Waals surface area contributed by atoms with Gasteiger partial charge in [-0.05, 0) is 18.9 Å². The first-order chi connectivity index (χ1) is 7.06. The van der Waals surface area contributed by atoms with Crippen LogP contribution in [0.2, 0.25) is 0 Å². The number of esters is 1. The number of hydrogen-bond acceptors (Lipinski definition) is 3. The highest BCUT2D eigenvalue weighted by molar-refractivity contribution is 5.79.